The van der Waals surface area contributed by atoms with Gasteiger partial charge in [-0.1, -0.05) is 53.7 Å². The zero-order chi connectivity index (χ0) is 22.5. The Hall–Kier alpha value is -4.07. The summed E-state index contributed by atoms with van der Waals surface area (Å²) >= 11 is 0. The van der Waals surface area contributed by atoms with Crippen LogP contribution in [0.25, 0.3) is 16.6 Å². The van der Waals surface area contributed by atoms with Crippen LogP contribution in [0.15, 0.2) is 66.9 Å². The van der Waals surface area contributed by atoms with Gasteiger partial charge in [-0.05, 0) is 31.5 Å². The first-order valence-electron chi connectivity index (χ1n) is 10.4. The molecule has 4 rings (SSSR count). The number of benzene rings is 2. The van der Waals surface area contributed by atoms with Crippen molar-refractivity contribution in [3.8, 4) is 5.69 Å². The number of nitrogens with zero attached hydrogens (tertiary/aromatic N) is 4. The Kier molecular flexibility index (Phi) is 6.21. The molecule has 0 saturated carbocycles. The predicted molar refractivity (Wildman–Crippen MR) is 119 cm³/mol. The maximum absolute atomic E-state index is 13.1. The third-order valence-electron chi connectivity index (χ3n) is 5.13. The molecule has 4 aromatic rings. The van der Waals surface area contributed by atoms with E-state index >= 15 is 0 Å². The van der Waals surface area contributed by atoms with Crippen molar-refractivity contribution >= 4 is 22.8 Å². The van der Waals surface area contributed by atoms with E-state index in [2.05, 4.69) is 20.6 Å². The third-order valence-corrected chi connectivity index (χ3v) is 5.13. The van der Waals surface area contributed by atoms with Crippen molar-refractivity contribution in [2.24, 2.45) is 0 Å². The Labute approximate surface area is 185 Å². The molecule has 0 fully saturated rings. The highest BCUT2D eigenvalue weighted by atomic mass is 16.5. The zero-order valence-corrected chi connectivity index (χ0v) is 17.9. The lowest BCUT2D eigenvalue weighted by Crippen LogP contribution is -2.31. The first kappa shape index (κ1) is 21.2. The lowest BCUT2D eigenvalue weighted by molar-refractivity contribution is -0.143. The van der Waals surface area contributed by atoms with Gasteiger partial charge >= 0.3 is 5.97 Å². The molecule has 1 atom stereocenters. The fourth-order valence-electron chi connectivity index (χ4n) is 3.58. The quantitative estimate of drug-likeness (QED) is 0.451. The molecule has 0 aliphatic rings. The van der Waals surface area contributed by atoms with Gasteiger partial charge in [0.2, 0.25) is 0 Å². The number of aromatic nitrogens is 4. The molecule has 2 aromatic carbocycles. The molecule has 1 N–H and O–H groups in total. The lowest BCUT2D eigenvalue weighted by atomic mass is 10.0. The maximum atomic E-state index is 13.1. The van der Waals surface area contributed by atoms with Crippen molar-refractivity contribution in [3.05, 3.63) is 83.8 Å². The van der Waals surface area contributed by atoms with Crippen molar-refractivity contribution in [2.45, 2.75) is 26.3 Å². The summed E-state index contributed by atoms with van der Waals surface area (Å²) in [5.41, 5.74) is 3.06. The van der Waals surface area contributed by atoms with Crippen molar-refractivity contribution in [2.75, 3.05) is 6.61 Å². The van der Waals surface area contributed by atoms with Crippen LogP contribution in [0.1, 0.15) is 41.1 Å². The average Bonchev–Trinajstić information content (AvgIpc) is 3.20. The Morgan fingerprint density at radius 1 is 1.06 bits per heavy atom. The maximum Gasteiger partial charge on any atom is 0.308 e. The molecule has 0 aliphatic heterocycles. The van der Waals surface area contributed by atoms with Crippen LogP contribution in [0, 0.1) is 6.92 Å². The average molecular weight is 429 g/mol. The van der Waals surface area contributed by atoms with Crippen molar-refractivity contribution in [3.63, 3.8) is 0 Å². The molecule has 1 amide bonds. The van der Waals surface area contributed by atoms with Gasteiger partial charge in [0.1, 0.15) is 0 Å². The summed E-state index contributed by atoms with van der Waals surface area (Å²) < 4.78 is 6.68. The number of carbonyl (C=O) groups excluding carboxylic acids is 2. The Morgan fingerprint density at radius 3 is 2.62 bits per heavy atom. The summed E-state index contributed by atoms with van der Waals surface area (Å²) in [6.07, 6.45) is 1.73. The summed E-state index contributed by atoms with van der Waals surface area (Å²) in [7, 11) is 0. The smallest absolute Gasteiger partial charge is 0.308 e. The second kappa shape index (κ2) is 9.38. The zero-order valence-electron chi connectivity index (χ0n) is 17.9. The summed E-state index contributed by atoms with van der Waals surface area (Å²) in [6.45, 7) is 3.80. The number of amides is 1. The van der Waals surface area contributed by atoms with Gasteiger partial charge in [-0.2, -0.15) is 0 Å². The van der Waals surface area contributed by atoms with E-state index in [4.69, 9.17) is 4.74 Å². The number of para-hydroxylation sites is 1. The van der Waals surface area contributed by atoms with Crippen LogP contribution in [0.3, 0.4) is 0 Å². The third kappa shape index (κ3) is 4.34. The first-order chi connectivity index (χ1) is 15.6. The number of rotatable bonds is 7. The minimum Gasteiger partial charge on any atom is -0.466 e. The Morgan fingerprint density at radius 2 is 1.84 bits per heavy atom. The molecule has 0 aliphatic carbocycles. The van der Waals surface area contributed by atoms with E-state index in [9.17, 15) is 9.59 Å². The van der Waals surface area contributed by atoms with E-state index in [1.807, 2.05) is 60.7 Å². The number of pyridine rings is 1. The summed E-state index contributed by atoms with van der Waals surface area (Å²) in [4.78, 5) is 29.7. The number of fused-ring (bicyclic) bond motifs is 1. The first-order valence-corrected chi connectivity index (χ1v) is 10.4. The van der Waals surface area contributed by atoms with E-state index in [1.54, 1.807) is 24.7 Å². The number of ether oxygens (including phenoxy) is 1. The number of hydrogen-bond acceptors (Lipinski definition) is 6. The molecule has 0 saturated heterocycles. The summed E-state index contributed by atoms with van der Waals surface area (Å²) in [5, 5.41) is 12.2. The van der Waals surface area contributed by atoms with Gasteiger partial charge in [0.05, 0.1) is 36.0 Å². The van der Waals surface area contributed by atoms with Crippen LogP contribution in [-0.4, -0.2) is 38.5 Å². The largest absolute Gasteiger partial charge is 0.466 e. The highest BCUT2D eigenvalue weighted by molar-refractivity contribution is 5.94. The van der Waals surface area contributed by atoms with Crippen molar-refractivity contribution in [1.82, 2.24) is 25.3 Å². The van der Waals surface area contributed by atoms with Crippen molar-refractivity contribution < 1.29 is 14.3 Å². The van der Waals surface area contributed by atoms with E-state index < -0.39 is 11.9 Å². The van der Waals surface area contributed by atoms with Crippen LogP contribution in [0.4, 0.5) is 0 Å². The molecule has 162 valence electrons. The van der Waals surface area contributed by atoms with E-state index in [0.29, 0.717) is 5.69 Å². The van der Waals surface area contributed by atoms with Crippen LogP contribution in [0.2, 0.25) is 0 Å². The lowest BCUT2D eigenvalue weighted by Gasteiger charge is -2.18. The van der Waals surface area contributed by atoms with E-state index in [1.165, 1.54) is 0 Å². The SMILES string of the molecule is CCOC(=O)CC(NC(=O)c1nnn(-c2cccc3cccnc23)c1C)c1ccccc1. The Bertz CT molecular complexity index is 1250. The van der Waals surface area contributed by atoms with Gasteiger partial charge in [0.15, 0.2) is 5.69 Å². The summed E-state index contributed by atoms with van der Waals surface area (Å²) in [5.74, 6) is -0.802. The fraction of sp³-hybridized carbons (Fsp3) is 0.208. The molecule has 32 heavy (non-hydrogen) atoms. The molecule has 2 aromatic heterocycles. The normalized spacial score (nSPS) is 11.8. The number of nitrogens with one attached hydrogen (secondary N) is 1. The van der Waals surface area contributed by atoms with E-state index in [-0.39, 0.29) is 24.7 Å². The number of esters is 1. The highest BCUT2D eigenvalue weighted by Crippen LogP contribution is 2.22. The summed E-state index contributed by atoms with van der Waals surface area (Å²) in [6, 6.07) is 18.3. The number of carbonyl (C=O) groups is 2. The van der Waals surface area contributed by atoms with Gasteiger partial charge in [0.25, 0.3) is 5.91 Å². The van der Waals surface area contributed by atoms with Gasteiger partial charge in [-0.25, -0.2) is 4.68 Å². The molecule has 0 radical (unpaired) electrons. The molecule has 0 spiro atoms. The van der Waals surface area contributed by atoms with E-state index in [0.717, 1.165) is 22.2 Å². The van der Waals surface area contributed by atoms with Gasteiger partial charge in [-0.15, -0.1) is 5.10 Å². The Balaban J connectivity index is 1.63. The monoisotopic (exact) mass is 429 g/mol. The van der Waals surface area contributed by atoms with Crippen LogP contribution >= 0.6 is 0 Å². The van der Waals surface area contributed by atoms with Crippen molar-refractivity contribution in [1.29, 1.82) is 0 Å². The topological polar surface area (TPSA) is 99.0 Å². The minimum absolute atomic E-state index is 0.0179. The second-order valence-corrected chi connectivity index (χ2v) is 7.23. The van der Waals surface area contributed by atoms with Crippen LogP contribution < -0.4 is 5.32 Å². The van der Waals surface area contributed by atoms with Gasteiger partial charge in [0, 0.05) is 11.6 Å². The number of hydrogen-bond donors (Lipinski definition) is 1. The van der Waals surface area contributed by atoms with Crippen LogP contribution in [-0.2, 0) is 9.53 Å². The molecular weight excluding hydrogens is 406 g/mol. The predicted octanol–water partition coefficient (Wildman–Crippen LogP) is 3.55. The molecule has 8 nitrogen and oxygen atoms in total. The van der Waals surface area contributed by atoms with Gasteiger partial charge in [-0.3, -0.25) is 14.6 Å². The molecule has 8 heteroatoms. The molecule has 2 heterocycles. The standard InChI is InChI=1S/C24H23N5O3/c1-3-32-21(30)15-19(17-9-5-4-6-10-17)26-24(31)22-16(2)29(28-27-22)20-13-7-11-18-12-8-14-25-23(18)20/h4-14,19H,3,15H2,1-2H3,(H,26,31). The fourth-order valence-corrected chi connectivity index (χ4v) is 3.58. The molecule has 1 unspecified atom stereocenters. The molecule has 0 bridgehead atoms. The molecular formula is C24H23N5O3. The second-order valence-electron chi connectivity index (χ2n) is 7.23. The minimum atomic E-state index is -0.550. The highest BCUT2D eigenvalue weighted by Gasteiger charge is 2.24. The van der Waals surface area contributed by atoms with Crippen LogP contribution in [0.5, 0.6) is 0 Å². The van der Waals surface area contributed by atoms with Gasteiger partial charge < -0.3 is 10.1 Å².